The van der Waals surface area contributed by atoms with Crippen LogP contribution in [0, 0.1) is 5.92 Å². The van der Waals surface area contributed by atoms with E-state index in [0.29, 0.717) is 24.7 Å². The van der Waals surface area contributed by atoms with Crippen molar-refractivity contribution in [3.63, 3.8) is 0 Å². The summed E-state index contributed by atoms with van der Waals surface area (Å²) in [6, 6.07) is 16.1. The number of rotatable bonds is 6. The van der Waals surface area contributed by atoms with Crippen molar-refractivity contribution in [3.05, 3.63) is 65.4 Å². The first-order valence-corrected chi connectivity index (χ1v) is 10.4. The number of aromatic nitrogens is 2. The summed E-state index contributed by atoms with van der Waals surface area (Å²) in [6.45, 7) is 4.72. The van der Waals surface area contributed by atoms with E-state index in [0.717, 1.165) is 34.6 Å². The maximum Gasteiger partial charge on any atom is 0.336 e. The number of hydrogen-bond donors (Lipinski definition) is 2. The molecule has 0 aliphatic carbocycles. The van der Waals surface area contributed by atoms with E-state index < -0.39 is 5.97 Å². The second-order valence-electron chi connectivity index (χ2n) is 8.22. The third kappa shape index (κ3) is 3.54. The quantitative estimate of drug-likeness (QED) is 0.677. The highest BCUT2D eigenvalue weighted by Crippen LogP contribution is 2.29. The van der Waals surface area contributed by atoms with E-state index in [1.807, 2.05) is 28.9 Å². The van der Waals surface area contributed by atoms with Gasteiger partial charge in [-0.15, -0.1) is 0 Å². The van der Waals surface area contributed by atoms with E-state index >= 15 is 0 Å². The minimum atomic E-state index is -0.904. The third-order valence-electron chi connectivity index (χ3n) is 6.44. The first kappa shape index (κ1) is 18.3. The lowest BCUT2D eigenvalue weighted by molar-refractivity contribution is 0.0698. The number of nitrogens with one attached hydrogen (secondary N) is 1. The number of aromatic carboxylic acids is 1. The zero-order valence-corrected chi connectivity index (χ0v) is 16.4. The zero-order chi connectivity index (χ0) is 19.8. The molecule has 1 aromatic heterocycles. The van der Waals surface area contributed by atoms with Crippen molar-refractivity contribution >= 4 is 16.9 Å². The Morgan fingerprint density at radius 3 is 2.59 bits per heavy atom. The Bertz CT molecular complexity index is 1020. The molecule has 29 heavy (non-hydrogen) atoms. The van der Waals surface area contributed by atoms with Crippen molar-refractivity contribution in [3.8, 4) is 0 Å². The predicted octanol–water partition coefficient (Wildman–Crippen LogP) is 2.97. The first-order chi connectivity index (χ1) is 14.2. The Hall–Kier alpha value is -2.70. The van der Waals surface area contributed by atoms with Crippen LogP contribution < -0.4 is 5.32 Å². The SMILES string of the molecule is O=C(O)c1cccc2c1c(CN[C@H]1CN3CCC1CC3)nn2Cc1ccccc1. The summed E-state index contributed by atoms with van der Waals surface area (Å²) in [4.78, 5) is 14.4. The number of nitrogens with zero attached hydrogens (tertiary/aromatic N) is 3. The molecule has 3 fully saturated rings. The van der Waals surface area contributed by atoms with Gasteiger partial charge in [0.15, 0.2) is 0 Å². The van der Waals surface area contributed by atoms with Crippen LogP contribution in [0.5, 0.6) is 0 Å². The van der Waals surface area contributed by atoms with Gasteiger partial charge < -0.3 is 15.3 Å². The second-order valence-corrected chi connectivity index (χ2v) is 8.22. The van der Waals surface area contributed by atoms with Gasteiger partial charge in [-0.3, -0.25) is 4.68 Å². The summed E-state index contributed by atoms with van der Waals surface area (Å²) in [7, 11) is 0. The molecular weight excluding hydrogens is 364 g/mol. The van der Waals surface area contributed by atoms with E-state index in [2.05, 4.69) is 22.3 Å². The van der Waals surface area contributed by atoms with Gasteiger partial charge in [0.2, 0.25) is 0 Å². The van der Waals surface area contributed by atoms with Crippen molar-refractivity contribution in [2.45, 2.75) is 32.0 Å². The van der Waals surface area contributed by atoms with E-state index in [-0.39, 0.29) is 0 Å². The van der Waals surface area contributed by atoms with Crippen LogP contribution in [0.15, 0.2) is 48.5 Å². The van der Waals surface area contributed by atoms with Crippen molar-refractivity contribution in [1.82, 2.24) is 20.0 Å². The van der Waals surface area contributed by atoms with Gasteiger partial charge >= 0.3 is 5.97 Å². The smallest absolute Gasteiger partial charge is 0.336 e. The predicted molar refractivity (Wildman–Crippen MR) is 112 cm³/mol. The largest absolute Gasteiger partial charge is 0.478 e. The summed E-state index contributed by atoms with van der Waals surface area (Å²) in [5, 5.41) is 19.0. The first-order valence-electron chi connectivity index (χ1n) is 10.4. The average Bonchev–Trinajstić information content (AvgIpc) is 3.11. The van der Waals surface area contributed by atoms with Gasteiger partial charge in [0.05, 0.1) is 23.3 Å². The van der Waals surface area contributed by atoms with Crippen LogP contribution in [0.3, 0.4) is 0 Å². The summed E-state index contributed by atoms with van der Waals surface area (Å²) in [5.41, 5.74) is 3.17. The number of carbonyl (C=O) groups is 1. The number of piperidine rings is 3. The molecule has 6 nitrogen and oxygen atoms in total. The standard InChI is InChI=1S/C23H26N4O2/c28-23(29)18-7-4-8-21-22(18)19(25-27(21)14-16-5-2-1-3-6-16)13-24-20-15-26-11-9-17(20)10-12-26/h1-8,17,20,24H,9-15H2,(H,28,29)/t20-/m0/s1. The van der Waals surface area contributed by atoms with Gasteiger partial charge in [0, 0.05) is 24.5 Å². The fourth-order valence-corrected chi connectivity index (χ4v) is 4.91. The summed E-state index contributed by atoms with van der Waals surface area (Å²) < 4.78 is 1.94. The molecule has 3 saturated heterocycles. The summed E-state index contributed by atoms with van der Waals surface area (Å²) >= 11 is 0. The second kappa shape index (κ2) is 7.61. The molecule has 2 aromatic carbocycles. The molecule has 4 heterocycles. The number of carboxylic acids is 1. The van der Waals surface area contributed by atoms with Gasteiger partial charge in [0.1, 0.15) is 0 Å². The van der Waals surface area contributed by atoms with Gasteiger partial charge in [-0.2, -0.15) is 5.10 Å². The highest BCUT2D eigenvalue weighted by atomic mass is 16.4. The normalized spacial score (nSPS) is 23.5. The van der Waals surface area contributed by atoms with Crippen LogP contribution in [-0.2, 0) is 13.1 Å². The van der Waals surface area contributed by atoms with Gasteiger partial charge in [-0.05, 0) is 49.5 Å². The van der Waals surface area contributed by atoms with Crippen molar-refractivity contribution in [1.29, 1.82) is 0 Å². The number of hydrogen-bond acceptors (Lipinski definition) is 4. The third-order valence-corrected chi connectivity index (χ3v) is 6.44. The Morgan fingerprint density at radius 1 is 1.10 bits per heavy atom. The number of fused-ring (bicyclic) bond motifs is 4. The topological polar surface area (TPSA) is 70.4 Å². The molecular formula is C23H26N4O2. The maximum absolute atomic E-state index is 11.9. The molecule has 6 rings (SSSR count). The molecule has 0 radical (unpaired) electrons. The highest BCUT2D eigenvalue weighted by Gasteiger charge is 2.34. The Balaban J connectivity index is 1.47. The monoisotopic (exact) mass is 390 g/mol. The molecule has 0 amide bonds. The number of carboxylic acid groups (broad SMARTS) is 1. The molecule has 3 aliphatic rings. The van der Waals surface area contributed by atoms with Gasteiger partial charge in [-0.25, -0.2) is 4.79 Å². The molecule has 2 N–H and O–H groups in total. The lowest BCUT2D eigenvalue weighted by Gasteiger charge is -2.45. The lowest BCUT2D eigenvalue weighted by atomic mass is 9.84. The van der Waals surface area contributed by atoms with E-state index in [9.17, 15) is 9.90 Å². The minimum absolute atomic E-state index is 0.326. The zero-order valence-electron chi connectivity index (χ0n) is 16.4. The molecule has 0 saturated carbocycles. The Kier molecular flexibility index (Phi) is 4.81. The van der Waals surface area contributed by atoms with Crippen LogP contribution in [0.1, 0.15) is 34.5 Å². The van der Waals surface area contributed by atoms with Crippen molar-refractivity contribution in [2.24, 2.45) is 5.92 Å². The Labute approximate surface area is 170 Å². The Morgan fingerprint density at radius 2 is 1.90 bits per heavy atom. The molecule has 0 unspecified atom stereocenters. The van der Waals surface area contributed by atoms with Gasteiger partial charge in [-0.1, -0.05) is 36.4 Å². The van der Waals surface area contributed by atoms with Crippen molar-refractivity contribution in [2.75, 3.05) is 19.6 Å². The highest BCUT2D eigenvalue weighted by molar-refractivity contribution is 6.03. The van der Waals surface area contributed by atoms with Crippen LogP contribution in [0.2, 0.25) is 0 Å². The molecule has 6 heteroatoms. The fraction of sp³-hybridized carbons (Fsp3) is 0.391. The molecule has 150 valence electrons. The maximum atomic E-state index is 11.9. The van der Waals surface area contributed by atoms with Crippen molar-refractivity contribution < 1.29 is 9.90 Å². The molecule has 0 spiro atoms. The van der Waals surface area contributed by atoms with E-state index in [1.165, 1.54) is 25.9 Å². The lowest BCUT2D eigenvalue weighted by Crippen LogP contribution is -2.55. The van der Waals surface area contributed by atoms with E-state index in [1.54, 1.807) is 12.1 Å². The molecule has 3 aromatic rings. The van der Waals surface area contributed by atoms with Crippen LogP contribution in [-0.4, -0.2) is 51.4 Å². The fourth-order valence-electron chi connectivity index (χ4n) is 4.91. The van der Waals surface area contributed by atoms with Crippen LogP contribution in [0.4, 0.5) is 0 Å². The summed E-state index contributed by atoms with van der Waals surface area (Å²) in [5.74, 6) is -0.185. The van der Waals surface area contributed by atoms with Crippen LogP contribution >= 0.6 is 0 Å². The molecule has 3 aliphatic heterocycles. The molecule has 2 bridgehead atoms. The van der Waals surface area contributed by atoms with Gasteiger partial charge in [0.25, 0.3) is 0 Å². The van der Waals surface area contributed by atoms with E-state index in [4.69, 9.17) is 5.10 Å². The average molecular weight is 390 g/mol. The summed E-state index contributed by atoms with van der Waals surface area (Å²) in [6.07, 6.45) is 2.50. The molecule has 1 atom stereocenters. The number of benzene rings is 2. The van der Waals surface area contributed by atoms with Crippen LogP contribution in [0.25, 0.3) is 10.9 Å². The minimum Gasteiger partial charge on any atom is -0.478 e.